The lowest BCUT2D eigenvalue weighted by atomic mass is 9.92. The zero-order valence-corrected chi connectivity index (χ0v) is 15.5. The number of likely N-dealkylation sites (N-methyl/N-ethyl adjacent to an activating group) is 1. The summed E-state index contributed by atoms with van der Waals surface area (Å²) in [5, 5.41) is 29.1. The third-order valence-electron chi connectivity index (χ3n) is 4.59. The van der Waals surface area contributed by atoms with E-state index in [1.54, 1.807) is 13.8 Å². The molecule has 1 aromatic rings. The van der Waals surface area contributed by atoms with E-state index in [-0.39, 0.29) is 52.4 Å². The van der Waals surface area contributed by atoms with Gasteiger partial charge in [-0.25, -0.2) is 0 Å². The molecule has 0 atom stereocenters. The number of aromatic hydroxyl groups is 1. The molecule has 2 heterocycles. The van der Waals surface area contributed by atoms with Crippen LogP contribution in [-0.2, 0) is 16.1 Å². The Balaban J connectivity index is 2.90. The van der Waals surface area contributed by atoms with Gasteiger partial charge >= 0.3 is 0 Å². The number of hydrogen-bond donors (Lipinski definition) is 1. The van der Waals surface area contributed by atoms with Gasteiger partial charge in [0.15, 0.2) is 0 Å². The highest BCUT2D eigenvalue weighted by Crippen LogP contribution is 2.30. The highest BCUT2D eigenvalue weighted by Gasteiger charge is 2.34. The normalized spacial score (nSPS) is 15.9. The van der Waals surface area contributed by atoms with Crippen LogP contribution in [0.15, 0.2) is 21.5 Å². The van der Waals surface area contributed by atoms with Crippen LogP contribution in [0.2, 0.25) is 0 Å². The van der Waals surface area contributed by atoms with E-state index in [2.05, 4.69) is 0 Å². The Labute approximate surface area is 155 Å². The van der Waals surface area contributed by atoms with E-state index in [4.69, 9.17) is 0 Å². The first kappa shape index (κ1) is 19.7. The number of carbonyl (C=O) groups is 2. The van der Waals surface area contributed by atoms with Gasteiger partial charge < -0.3 is 5.11 Å². The highest BCUT2D eigenvalue weighted by atomic mass is 16.3. The molecule has 1 N–H and O–H groups in total. The molecule has 138 valence electrons. The van der Waals surface area contributed by atoms with Crippen molar-refractivity contribution in [3.8, 4) is 18.0 Å². The highest BCUT2D eigenvalue weighted by molar-refractivity contribution is 6.19. The summed E-state index contributed by atoms with van der Waals surface area (Å²) in [4.78, 5) is 38.2. The molecule has 27 heavy (non-hydrogen) atoms. The first-order valence-electron chi connectivity index (χ1n) is 8.30. The Bertz CT molecular complexity index is 1060. The van der Waals surface area contributed by atoms with Crippen molar-refractivity contribution in [1.82, 2.24) is 9.47 Å². The first-order valence-corrected chi connectivity index (χ1v) is 8.30. The van der Waals surface area contributed by atoms with Crippen molar-refractivity contribution in [2.45, 2.75) is 34.2 Å². The van der Waals surface area contributed by atoms with Crippen LogP contribution in [0.4, 0.5) is 0 Å². The van der Waals surface area contributed by atoms with Crippen LogP contribution >= 0.6 is 0 Å². The van der Waals surface area contributed by atoms with Crippen molar-refractivity contribution in [2.24, 2.45) is 0 Å². The molecule has 0 spiro atoms. The summed E-state index contributed by atoms with van der Waals surface area (Å²) >= 11 is 0. The lowest BCUT2D eigenvalue weighted by Crippen LogP contribution is -2.42. The summed E-state index contributed by atoms with van der Waals surface area (Å²) in [6.45, 7) is 6.42. The molecular weight excluding hydrogens is 348 g/mol. The summed E-state index contributed by atoms with van der Waals surface area (Å²) in [5.41, 5.74) is -0.350. The molecular formula is C19H18N4O4. The number of hydrogen-bond acceptors (Lipinski definition) is 6. The number of aromatic nitrogens is 1. The average molecular weight is 366 g/mol. The quantitative estimate of drug-likeness (QED) is 0.636. The van der Waals surface area contributed by atoms with Crippen molar-refractivity contribution in [2.75, 3.05) is 6.54 Å². The van der Waals surface area contributed by atoms with Crippen LogP contribution in [0, 0.1) is 29.6 Å². The molecule has 8 nitrogen and oxygen atoms in total. The standard InChI is InChI=1S/C19H18N4O4/c1-5-22-16(24)12(10(3)14(8-20)18(22)26)7-13-11(4)15(9-21)19(27)23(6-2)17(13)25/h7,24H,5-6H2,1-4H3/b13-7-. The molecule has 2 rings (SSSR count). The van der Waals surface area contributed by atoms with Gasteiger partial charge in [0, 0.05) is 24.2 Å². The maximum absolute atomic E-state index is 12.7. The first-order chi connectivity index (χ1) is 12.7. The molecule has 0 aliphatic carbocycles. The number of rotatable bonds is 3. The average Bonchev–Trinajstić information content (AvgIpc) is 2.62. The molecule has 0 radical (unpaired) electrons. The number of imide groups is 1. The Morgan fingerprint density at radius 2 is 1.67 bits per heavy atom. The van der Waals surface area contributed by atoms with Crippen molar-refractivity contribution in [1.29, 1.82) is 10.5 Å². The van der Waals surface area contributed by atoms with Crippen LogP contribution in [0.5, 0.6) is 5.88 Å². The number of nitriles is 2. The van der Waals surface area contributed by atoms with Gasteiger partial charge in [0.05, 0.1) is 0 Å². The number of amides is 2. The maximum atomic E-state index is 12.7. The third kappa shape index (κ3) is 2.91. The van der Waals surface area contributed by atoms with Gasteiger partial charge in [0.25, 0.3) is 17.4 Å². The molecule has 1 aliphatic heterocycles. The summed E-state index contributed by atoms with van der Waals surface area (Å²) in [6.07, 6.45) is 1.32. The Morgan fingerprint density at radius 1 is 1.04 bits per heavy atom. The molecule has 0 unspecified atom stereocenters. The number of nitrogens with zero attached hydrogens (tertiary/aromatic N) is 4. The Hall–Kier alpha value is -3.65. The van der Waals surface area contributed by atoms with Gasteiger partial charge in [0.2, 0.25) is 5.88 Å². The molecule has 8 heteroatoms. The zero-order valence-electron chi connectivity index (χ0n) is 15.5. The Morgan fingerprint density at radius 3 is 2.15 bits per heavy atom. The van der Waals surface area contributed by atoms with Crippen LogP contribution in [0.25, 0.3) is 6.08 Å². The van der Waals surface area contributed by atoms with Crippen molar-refractivity contribution < 1.29 is 14.7 Å². The second kappa shape index (κ2) is 7.30. The predicted octanol–water partition coefficient (Wildman–Crippen LogP) is 1.37. The summed E-state index contributed by atoms with van der Waals surface area (Å²) in [6, 6.07) is 3.64. The molecule has 1 aromatic heterocycles. The fraction of sp³-hybridized carbons (Fsp3) is 0.316. The minimum Gasteiger partial charge on any atom is -0.494 e. The van der Waals surface area contributed by atoms with Gasteiger partial charge in [-0.2, -0.15) is 10.5 Å². The lowest BCUT2D eigenvalue weighted by Gasteiger charge is -2.26. The molecule has 0 saturated heterocycles. The van der Waals surface area contributed by atoms with Crippen molar-refractivity contribution in [3.63, 3.8) is 0 Å². The number of carbonyl (C=O) groups excluding carboxylic acids is 2. The van der Waals surface area contributed by atoms with Crippen LogP contribution in [0.3, 0.4) is 0 Å². The van der Waals surface area contributed by atoms with Crippen LogP contribution < -0.4 is 5.56 Å². The van der Waals surface area contributed by atoms with E-state index in [1.165, 1.54) is 19.9 Å². The van der Waals surface area contributed by atoms with Crippen molar-refractivity contribution >= 4 is 17.9 Å². The van der Waals surface area contributed by atoms with Gasteiger partial charge in [-0.3, -0.25) is 23.9 Å². The molecule has 0 saturated carbocycles. The van der Waals surface area contributed by atoms with Gasteiger partial charge in [-0.15, -0.1) is 0 Å². The monoisotopic (exact) mass is 366 g/mol. The van der Waals surface area contributed by atoms with Gasteiger partial charge in [0.1, 0.15) is 23.3 Å². The zero-order chi connectivity index (χ0) is 20.5. The van der Waals surface area contributed by atoms with Crippen LogP contribution in [-0.4, -0.2) is 32.9 Å². The fourth-order valence-electron chi connectivity index (χ4n) is 3.00. The van der Waals surface area contributed by atoms with E-state index in [0.717, 1.165) is 9.47 Å². The minimum atomic E-state index is -0.670. The lowest BCUT2D eigenvalue weighted by molar-refractivity contribution is -0.140. The second-order valence-electron chi connectivity index (χ2n) is 5.92. The van der Waals surface area contributed by atoms with E-state index in [1.807, 2.05) is 12.1 Å². The summed E-state index contributed by atoms with van der Waals surface area (Å²) in [7, 11) is 0. The minimum absolute atomic E-state index is 0.0524. The fourth-order valence-corrected chi connectivity index (χ4v) is 3.00. The van der Waals surface area contributed by atoms with E-state index in [0.29, 0.717) is 0 Å². The van der Waals surface area contributed by atoms with E-state index < -0.39 is 17.4 Å². The molecule has 0 aromatic carbocycles. The summed E-state index contributed by atoms with van der Waals surface area (Å²) < 4.78 is 1.03. The SMILES string of the molecule is CCN1C(=O)C(C#N)=C(C)/C(=C/c2c(C)c(C#N)c(=O)n(CC)c2O)C1=O. The molecule has 1 aliphatic rings. The number of pyridine rings is 1. The molecule has 0 fully saturated rings. The Kier molecular flexibility index (Phi) is 5.32. The predicted molar refractivity (Wildman–Crippen MR) is 96.2 cm³/mol. The second-order valence-corrected chi connectivity index (χ2v) is 5.92. The van der Waals surface area contributed by atoms with Crippen LogP contribution in [0.1, 0.15) is 37.5 Å². The van der Waals surface area contributed by atoms with Gasteiger partial charge in [-0.05, 0) is 44.9 Å². The molecule has 2 amide bonds. The van der Waals surface area contributed by atoms with Gasteiger partial charge in [-0.1, -0.05) is 0 Å². The smallest absolute Gasteiger partial charge is 0.271 e. The maximum Gasteiger partial charge on any atom is 0.271 e. The summed E-state index contributed by atoms with van der Waals surface area (Å²) in [5.74, 6) is -1.66. The third-order valence-corrected chi connectivity index (χ3v) is 4.59. The van der Waals surface area contributed by atoms with Crippen molar-refractivity contribution in [3.05, 3.63) is 43.8 Å². The largest absolute Gasteiger partial charge is 0.494 e. The topological polar surface area (TPSA) is 127 Å². The van der Waals surface area contributed by atoms with E-state index in [9.17, 15) is 30.0 Å². The molecule has 0 bridgehead atoms. The van der Waals surface area contributed by atoms with E-state index >= 15 is 0 Å².